The van der Waals surface area contributed by atoms with Crippen molar-refractivity contribution in [1.82, 2.24) is 0 Å². The molecule has 5 heteroatoms. The molecule has 0 spiro atoms. The van der Waals surface area contributed by atoms with Gasteiger partial charge in [0, 0.05) is 6.07 Å². The second-order valence-electron chi connectivity index (χ2n) is 2.44. The van der Waals surface area contributed by atoms with Crippen LogP contribution in [-0.2, 0) is 4.79 Å². The molecule has 13 heavy (non-hydrogen) atoms. The van der Waals surface area contributed by atoms with Crippen LogP contribution in [0.5, 0.6) is 5.75 Å². The molecule has 0 atom stereocenters. The van der Waals surface area contributed by atoms with Gasteiger partial charge in [-0.15, -0.1) is 0 Å². The van der Waals surface area contributed by atoms with E-state index >= 15 is 0 Å². The Morgan fingerprint density at radius 1 is 1.54 bits per heavy atom. The molecule has 1 rings (SSSR count). The predicted octanol–water partition coefficient (Wildman–Crippen LogP) is 0.272. The summed E-state index contributed by atoms with van der Waals surface area (Å²) in [6.07, 6.45) is 0. The van der Waals surface area contributed by atoms with Gasteiger partial charge in [0.15, 0.2) is 6.61 Å². The normalized spacial score (nSPS) is 9.62. The van der Waals surface area contributed by atoms with Crippen molar-refractivity contribution >= 4 is 11.6 Å². The average molecular weight is 184 g/mol. The molecule has 0 aliphatic rings. The number of ether oxygens (including phenoxy) is 1. The van der Waals surface area contributed by atoms with Crippen LogP contribution in [0.25, 0.3) is 0 Å². The SMILES string of the molecule is NC(=O)COc1cc(F)ccc1N. The van der Waals surface area contributed by atoms with E-state index in [-0.39, 0.29) is 18.0 Å². The van der Waals surface area contributed by atoms with Gasteiger partial charge in [-0.1, -0.05) is 0 Å². The van der Waals surface area contributed by atoms with Crippen LogP contribution in [0, 0.1) is 5.82 Å². The summed E-state index contributed by atoms with van der Waals surface area (Å²) in [6.45, 7) is -0.312. The van der Waals surface area contributed by atoms with Crippen molar-refractivity contribution in [2.45, 2.75) is 0 Å². The molecule has 1 aromatic rings. The molecular formula is C8H9FN2O2. The third kappa shape index (κ3) is 2.62. The van der Waals surface area contributed by atoms with Gasteiger partial charge in [0.05, 0.1) is 5.69 Å². The summed E-state index contributed by atoms with van der Waals surface area (Å²) in [5.41, 5.74) is 10.5. The van der Waals surface area contributed by atoms with Gasteiger partial charge in [0.25, 0.3) is 5.91 Å². The third-order valence-corrected chi connectivity index (χ3v) is 1.35. The highest BCUT2D eigenvalue weighted by molar-refractivity contribution is 5.75. The van der Waals surface area contributed by atoms with E-state index < -0.39 is 11.7 Å². The highest BCUT2D eigenvalue weighted by Gasteiger charge is 2.03. The molecule has 0 aliphatic heterocycles. The Balaban J connectivity index is 2.75. The molecule has 70 valence electrons. The number of carbonyl (C=O) groups excluding carboxylic acids is 1. The molecule has 1 amide bonds. The van der Waals surface area contributed by atoms with Gasteiger partial charge in [-0.2, -0.15) is 0 Å². The largest absolute Gasteiger partial charge is 0.482 e. The zero-order valence-electron chi connectivity index (χ0n) is 6.79. The number of primary amides is 1. The number of benzene rings is 1. The summed E-state index contributed by atoms with van der Waals surface area (Å²) in [4.78, 5) is 10.3. The molecule has 4 nitrogen and oxygen atoms in total. The van der Waals surface area contributed by atoms with Gasteiger partial charge >= 0.3 is 0 Å². The molecule has 0 aromatic heterocycles. The van der Waals surface area contributed by atoms with Gasteiger partial charge in [0.2, 0.25) is 0 Å². The fourth-order valence-corrected chi connectivity index (χ4v) is 0.782. The summed E-state index contributed by atoms with van der Waals surface area (Å²) in [5.74, 6) is -0.990. The molecule has 0 bridgehead atoms. The highest BCUT2D eigenvalue weighted by atomic mass is 19.1. The summed E-state index contributed by atoms with van der Waals surface area (Å²) in [7, 11) is 0. The van der Waals surface area contributed by atoms with E-state index in [2.05, 4.69) is 0 Å². The van der Waals surface area contributed by atoms with Crippen LogP contribution in [0.15, 0.2) is 18.2 Å². The lowest BCUT2D eigenvalue weighted by atomic mass is 10.3. The van der Waals surface area contributed by atoms with Gasteiger partial charge in [-0.25, -0.2) is 4.39 Å². The molecular weight excluding hydrogens is 175 g/mol. The average Bonchev–Trinajstić information content (AvgIpc) is 2.06. The number of amides is 1. The molecule has 4 N–H and O–H groups in total. The molecule has 0 radical (unpaired) electrons. The Morgan fingerprint density at radius 3 is 2.85 bits per heavy atom. The zero-order valence-corrected chi connectivity index (χ0v) is 6.79. The maximum absolute atomic E-state index is 12.6. The first-order valence-electron chi connectivity index (χ1n) is 3.55. The van der Waals surface area contributed by atoms with Crippen molar-refractivity contribution in [3.63, 3.8) is 0 Å². The molecule has 0 heterocycles. The summed E-state index contributed by atoms with van der Waals surface area (Å²) in [6, 6.07) is 3.65. The predicted molar refractivity (Wildman–Crippen MR) is 45.5 cm³/mol. The lowest BCUT2D eigenvalue weighted by Gasteiger charge is -2.06. The van der Waals surface area contributed by atoms with Crippen LogP contribution in [-0.4, -0.2) is 12.5 Å². The minimum Gasteiger partial charge on any atom is -0.482 e. The van der Waals surface area contributed by atoms with E-state index in [0.717, 1.165) is 6.07 Å². The Kier molecular flexibility index (Phi) is 2.69. The topological polar surface area (TPSA) is 78.3 Å². The lowest BCUT2D eigenvalue weighted by molar-refractivity contribution is -0.119. The zero-order chi connectivity index (χ0) is 9.84. The number of carbonyl (C=O) groups is 1. The first-order chi connectivity index (χ1) is 6.09. The van der Waals surface area contributed by atoms with Crippen molar-refractivity contribution in [2.24, 2.45) is 5.73 Å². The van der Waals surface area contributed by atoms with Crippen molar-refractivity contribution in [3.05, 3.63) is 24.0 Å². The van der Waals surface area contributed by atoms with Gasteiger partial charge in [-0.3, -0.25) is 4.79 Å². The van der Waals surface area contributed by atoms with Gasteiger partial charge in [-0.05, 0) is 12.1 Å². The van der Waals surface area contributed by atoms with Crippen molar-refractivity contribution < 1.29 is 13.9 Å². The molecule has 0 saturated heterocycles. The van der Waals surface area contributed by atoms with Crippen LogP contribution in [0.4, 0.5) is 10.1 Å². The molecule has 0 fully saturated rings. The van der Waals surface area contributed by atoms with Crippen molar-refractivity contribution in [3.8, 4) is 5.75 Å². The number of rotatable bonds is 3. The van der Waals surface area contributed by atoms with Crippen LogP contribution in [0.1, 0.15) is 0 Å². The maximum atomic E-state index is 12.6. The van der Waals surface area contributed by atoms with E-state index in [1.54, 1.807) is 0 Å². The highest BCUT2D eigenvalue weighted by Crippen LogP contribution is 2.21. The quantitative estimate of drug-likeness (QED) is 0.662. The Morgan fingerprint density at radius 2 is 2.23 bits per heavy atom. The van der Waals surface area contributed by atoms with E-state index in [0.29, 0.717) is 0 Å². The monoisotopic (exact) mass is 184 g/mol. The van der Waals surface area contributed by atoms with Crippen LogP contribution >= 0.6 is 0 Å². The molecule has 0 unspecified atom stereocenters. The fraction of sp³-hybridized carbons (Fsp3) is 0.125. The minimum absolute atomic E-state index is 0.124. The summed E-state index contributed by atoms with van der Waals surface area (Å²) in [5, 5.41) is 0. The first-order valence-corrected chi connectivity index (χ1v) is 3.55. The molecule has 1 aromatic carbocycles. The van der Waals surface area contributed by atoms with E-state index in [1.165, 1.54) is 12.1 Å². The number of nitrogens with two attached hydrogens (primary N) is 2. The number of anilines is 1. The second-order valence-corrected chi connectivity index (χ2v) is 2.44. The number of hydrogen-bond acceptors (Lipinski definition) is 3. The maximum Gasteiger partial charge on any atom is 0.255 e. The third-order valence-electron chi connectivity index (χ3n) is 1.35. The summed E-state index contributed by atoms with van der Waals surface area (Å²) >= 11 is 0. The van der Waals surface area contributed by atoms with Crippen LogP contribution in [0.3, 0.4) is 0 Å². The standard InChI is InChI=1S/C8H9FN2O2/c9-5-1-2-6(10)7(3-5)13-4-8(11)12/h1-3H,4,10H2,(H2,11,12). The van der Waals surface area contributed by atoms with Crippen molar-refractivity contribution in [2.75, 3.05) is 12.3 Å². The van der Waals surface area contributed by atoms with Crippen molar-refractivity contribution in [1.29, 1.82) is 0 Å². The smallest absolute Gasteiger partial charge is 0.255 e. The Hall–Kier alpha value is -1.78. The fourth-order valence-electron chi connectivity index (χ4n) is 0.782. The second kappa shape index (κ2) is 3.75. The lowest BCUT2D eigenvalue weighted by Crippen LogP contribution is -2.20. The van der Waals surface area contributed by atoms with Crippen LogP contribution < -0.4 is 16.2 Å². The molecule has 0 saturated carbocycles. The van der Waals surface area contributed by atoms with Gasteiger partial charge < -0.3 is 16.2 Å². The summed E-state index contributed by atoms with van der Waals surface area (Å²) < 4.78 is 17.5. The number of halogens is 1. The first kappa shape index (κ1) is 9.31. The number of nitrogen functional groups attached to an aromatic ring is 1. The molecule has 0 aliphatic carbocycles. The Bertz CT molecular complexity index is 328. The Labute approximate surface area is 74.3 Å². The van der Waals surface area contributed by atoms with E-state index in [9.17, 15) is 9.18 Å². The minimum atomic E-state index is -0.635. The van der Waals surface area contributed by atoms with E-state index in [4.69, 9.17) is 16.2 Å². The van der Waals surface area contributed by atoms with Crippen LogP contribution in [0.2, 0.25) is 0 Å². The van der Waals surface area contributed by atoms with Gasteiger partial charge in [0.1, 0.15) is 11.6 Å². The van der Waals surface area contributed by atoms with E-state index in [1.807, 2.05) is 0 Å². The number of hydrogen-bond donors (Lipinski definition) is 2.